The van der Waals surface area contributed by atoms with Gasteiger partial charge in [-0.2, -0.15) is 0 Å². The van der Waals surface area contributed by atoms with Crippen molar-refractivity contribution in [3.05, 3.63) is 33.9 Å². The fraction of sp³-hybridized carbons (Fsp3) is 0.417. The van der Waals surface area contributed by atoms with Crippen LogP contribution in [0.25, 0.3) is 0 Å². The molecule has 0 fully saturated rings. The number of carbonyl (C=O) groups is 1. The van der Waals surface area contributed by atoms with Gasteiger partial charge >= 0.3 is 0 Å². The van der Waals surface area contributed by atoms with Crippen LogP contribution in [-0.4, -0.2) is 37.6 Å². The molecule has 0 spiro atoms. The molecule has 1 rings (SSSR count). The van der Waals surface area contributed by atoms with E-state index in [0.717, 1.165) is 5.56 Å². The molecule has 0 aromatic heterocycles. The molecule has 8 heteroatoms. The molecule has 0 heterocycles. The Bertz CT molecular complexity index is 468. The second-order valence-corrected chi connectivity index (χ2v) is 3.97. The Morgan fingerprint density at radius 2 is 2.15 bits per heavy atom. The van der Waals surface area contributed by atoms with E-state index < -0.39 is 4.92 Å². The van der Waals surface area contributed by atoms with Crippen LogP contribution >= 0.6 is 12.4 Å². The fourth-order valence-electron chi connectivity index (χ4n) is 1.43. The Labute approximate surface area is 123 Å². The highest BCUT2D eigenvalue weighted by molar-refractivity contribution is 5.93. The molecule has 1 aromatic carbocycles. The Balaban J connectivity index is 0.00000361. The molecule has 0 atom stereocenters. The Morgan fingerprint density at radius 3 is 2.75 bits per heavy atom. The maximum absolute atomic E-state index is 11.6. The van der Waals surface area contributed by atoms with Gasteiger partial charge in [0.1, 0.15) is 0 Å². The van der Waals surface area contributed by atoms with Gasteiger partial charge in [-0.05, 0) is 12.5 Å². The Kier molecular flexibility index (Phi) is 8.46. The predicted octanol–water partition coefficient (Wildman–Crippen LogP) is 1.50. The minimum Gasteiger partial charge on any atom is -0.383 e. The normalized spacial score (nSPS) is 9.70. The summed E-state index contributed by atoms with van der Waals surface area (Å²) in [5.41, 5.74) is 1.18. The molecule has 0 bridgehead atoms. The second-order valence-electron chi connectivity index (χ2n) is 3.97. The molecule has 0 saturated heterocycles. The van der Waals surface area contributed by atoms with E-state index in [2.05, 4.69) is 10.6 Å². The minimum atomic E-state index is -0.494. The summed E-state index contributed by atoms with van der Waals surface area (Å²) < 4.78 is 4.83. The molecule has 20 heavy (non-hydrogen) atoms. The quantitative estimate of drug-likeness (QED) is 0.452. The lowest BCUT2D eigenvalue weighted by molar-refractivity contribution is -0.384. The van der Waals surface area contributed by atoms with E-state index in [9.17, 15) is 14.9 Å². The number of aryl methyl sites for hydroxylation is 1. The van der Waals surface area contributed by atoms with Gasteiger partial charge in [-0.25, -0.2) is 0 Å². The van der Waals surface area contributed by atoms with Gasteiger partial charge < -0.3 is 15.4 Å². The van der Waals surface area contributed by atoms with Crippen LogP contribution in [0.4, 0.5) is 11.4 Å². The lowest BCUT2D eigenvalue weighted by atomic mass is 10.2. The number of methoxy groups -OCH3 is 1. The number of rotatable bonds is 7. The van der Waals surface area contributed by atoms with Crippen LogP contribution in [0.1, 0.15) is 5.56 Å². The number of ether oxygens (including phenoxy) is 1. The SMILES string of the molecule is COCCNCC(=O)Nc1cc([N+](=O)[O-])ccc1C.Cl. The first kappa shape index (κ1) is 18.3. The molecular weight excluding hydrogens is 286 g/mol. The summed E-state index contributed by atoms with van der Waals surface area (Å²) in [4.78, 5) is 21.8. The van der Waals surface area contributed by atoms with Crippen molar-refractivity contribution in [3.63, 3.8) is 0 Å². The largest absolute Gasteiger partial charge is 0.383 e. The number of amides is 1. The molecule has 1 amide bonds. The first-order valence-electron chi connectivity index (χ1n) is 5.79. The average molecular weight is 304 g/mol. The third kappa shape index (κ3) is 5.96. The Morgan fingerprint density at radius 1 is 1.45 bits per heavy atom. The number of benzene rings is 1. The summed E-state index contributed by atoms with van der Waals surface area (Å²) in [6.45, 7) is 2.99. The van der Waals surface area contributed by atoms with Crippen LogP contribution in [0, 0.1) is 17.0 Å². The van der Waals surface area contributed by atoms with Crippen LogP contribution in [0.2, 0.25) is 0 Å². The number of anilines is 1. The summed E-state index contributed by atoms with van der Waals surface area (Å²) in [6, 6.07) is 4.36. The van der Waals surface area contributed by atoms with Crippen molar-refractivity contribution in [1.29, 1.82) is 0 Å². The smallest absolute Gasteiger partial charge is 0.271 e. The highest BCUT2D eigenvalue weighted by Gasteiger charge is 2.10. The van der Waals surface area contributed by atoms with Crippen molar-refractivity contribution in [2.45, 2.75) is 6.92 Å². The zero-order chi connectivity index (χ0) is 14.3. The van der Waals surface area contributed by atoms with E-state index in [1.165, 1.54) is 12.1 Å². The van der Waals surface area contributed by atoms with Crippen molar-refractivity contribution in [2.75, 3.05) is 32.1 Å². The fourth-order valence-corrected chi connectivity index (χ4v) is 1.43. The number of halogens is 1. The highest BCUT2D eigenvalue weighted by atomic mass is 35.5. The van der Waals surface area contributed by atoms with Crippen molar-refractivity contribution in [2.24, 2.45) is 0 Å². The van der Waals surface area contributed by atoms with Crippen molar-refractivity contribution in [3.8, 4) is 0 Å². The minimum absolute atomic E-state index is 0. The zero-order valence-corrected chi connectivity index (χ0v) is 12.2. The first-order valence-corrected chi connectivity index (χ1v) is 5.79. The summed E-state index contributed by atoms with van der Waals surface area (Å²) in [6.07, 6.45) is 0. The van der Waals surface area contributed by atoms with Gasteiger partial charge in [-0.1, -0.05) is 6.07 Å². The van der Waals surface area contributed by atoms with Gasteiger partial charge in [-0.15, -0.1) is 12.4 Å². The molecular formula is C12H18ClN3O4. The molecule has 112 valence electrons. The number of hydrogen-bond donors (Lipinski definition) is 2. The van der Waals surface area contributed by atoms with Crippen LogP contribution in [0.3, 0.4) is 0 Å². The van der Waals surface area contributed by atoms with Crippen molar-refractivity contribution < 1.29 is 14.5 Å². The van der Waals surface area contributed by atoms with E-state index >= 15 is 0 Å². The van der Waals surface area contributed by atoms with Gasteiger partial charge in [0.25, 0.3) is 5.69 Å². The summed E-state index contributed by atoms with van der Waals surface area (Å²) in [7, 11) is 1.58. The number of nitro groups is 1. The highest BCUT2D eigenvalue weighted by Crippen LogP contribution is 2.21. The molecule has 2 N–H and O–H groups in total. The molecule has 0 aliphatic carbocycles. The van der Waals surface area contributed by atoms with E-state index in [1.807, 2.05) is 0 Å². The van der Waals surface area contributed by atoms with Crippen molar-refractivity contribution in [1.82, 2.24) is 5.32 Å². The summed E-state index contributed by atoms with van der Waals surface area (Å²) in [5, 5.41) is 16.2. The van der Waals surface area contributed by atoms with Gasteiger partial charge in [0, 0.05) is 25.8 Å². The van der Waals surface area contributed by atoms with Gasteiger partial charge in [-0.3, -0.25) is 14.9 Å². The maximum atomic E-state index is 11.6. The Hall–Kier alpha value is -1.70. The molecule has 0 aliphatic rings. The number of nitrogens with zero attached hydrogens (tertiary/aromatic N) is 1. The monoisotopic (exact) mass is 303 g/mol. The summed E-state index contributed by atoms with van der Waals surface area (Å²) in [5.74, 6) is -0.250. The maximum Gasteiger partial charge on any atom is 0.271 e. The van der Waals surface area contributed by atoms with Crippen LogP contribution < -0.4 is 10.6 Å². The molecule has 0 saturated carbocycles. The van der Waals surface area contributed by atoms with Crippen LogP contribution in [0.15, 0.2) is 18.2 Å². The summed E-state index contributed by atoms with van der Waals surface area (Å²) >= 11 is 0. The van der Waals surface area contributed by atoms with Crippen LogP contribution in [-0.2, 0) is 9.53 Å². The average Bonchev–Trinajstić information content (AvgIpc) is 2.37. The number of carbonyl (C=O) groups excluding carboxylic acids is 1. The standard InChI is InChI=1S/C12H17N3O4.ClH/c1-9-3-4-10(15(17)18)7-11(9)14-12(16)8-13-5-6-19-2;/h3-4,7,13H,5-6,8H2,1-2H3,(H,14,16);1H. The van der Waals surface area contributed by atoms with Gasteiger partial charge in [0.15, 0.2) is 0 Å². The molecule has 7 nitrogen and oxygen atoms in total. The second kappa shape index (κ2) is 9.24. The third-order valence-corrected chi connectivity index (χ3v) is 2.47. The molecule has 0 aliphatic heterocycles. The van der Waals surface area contributed by atoms with E-state index in [1.54, 1.807) is 20.1 Å². The van der Waals surface area contributed by atoms with E-state index in [0.29, 0.717) is 18.8 Å². The lowest BCUT2D eigenvalue weighted by Gasteiger charge is -2.08. The van der Waals surface area contributed by atoms with Crippen molar-refractivity contribution >= 4 is 29.7 Å². The van der Waals surface area contributed by atoms with Crippen LogP contribution in [0.5, 0.6) is 0 Å². The van der Waals surface area contributed by atoms with Gasteiger partial charge in [0.2, 0.25) is 5.91 Å². The molecule has 0 radical (unpaired) electrons. The molecule has 0 unspecified atom stereocenters. The predicted molar refractivity (Wildman–Crippen MR) is 78.5 cm³/mol. The van der Waals surface area contributed by atoms with E-state index in [-0.39, 0.29) is 30.5 Å². The third-order valence-electron chi connectivity index (χ3n) is 2.47. The number of nitro benzene ring substituents is 1. The van der Waals surface area contributed by atoms with E-state index in [4.69, 9.17) is 4.74 Å². The number of nitrogens with one attached hydrogen (secondary N) is 2. The topological polar surface area (TPSA) is 93.5 Å². The lowest BCUT2D eigenvalue weighted by Crippen LogP contribution is -2.30. The number of hydrogen-bond acceptors (Lipinski definition) is 5. The first-order chi connectivity index (χ1) is 9.04. The molecule has 1 aromatic rings. The zero-order valence-electron chi connectivity index (χ0n) is 11.3. The van der Waals surface area contributed by atoms with Gasteiger partial charge in [0.05, 0.1) is 23.8 Å². The number of non-ortho nitro benzene ring substituents is 1.